The van der Waals surface area contributed by atoms with Crippen LogP contribution in [0.1, 0.15) is 22.7 Å². The Balaban J connectivity index is 2.42. The summed E-state index contributed by atoms with van der Waals surface area (Å²) in [7, 11) is 1.85. The fraction of sp³-hybridized carbons (Fsp3) is 0.214. The number of benzene rings is 1. The van der Waals surface area contributed by atoms with Crippen molar-refractivity contribution in [3.05, 3.63) is 64.2 Å². The summed E-state index contributed by atoms with van der Waals surface area (Å²) in [5, 5.41) is 3.32. The van der Waals surface area contributed by atoms with E-state index in [1.165, 1.54) is 6.07 Å². The van der Waals surface area contributed by atoms with Gasteiger partial charge in [-0.1, -0.05) is 23.7 Å². The minimum atomic E-state index is -0.405. The van der Waals surface area contributed by atoms with Crippen LogP contribution >= 0.6 is 11.6 Å². The van der Waals surface area contributed by atoms with E-state index in [1.54, 1.807) is 24.5 Å². The summed E-state index contributed by atoms with van der Waals surface area (Å²) in [6, 6.07) is 6.75. The Labute approximate surface area is 111 Å². The number of aromatic nitrogens is 1. The lowest BCUT2D eigenvalue weighted by molar-refractivity contribution is 0.623. The number of pyridine rings is 1. The molecule has 1 heterocycles. The third kappa shape index (κ3) is 2.68. The maximum absolute atomic E-state index is 13.2. The number of hydrogen-bond donors (Lipinski definition) is 1. The van der Waals surface area contributed by atoms with Crippen LogP contribution in [0.25, 0.3) is 0 Å². The first-order chi connectivity index (χ1) is 8.61. The van der Waals surface area contributed by atoms with Crippen LogP contribution < -0.4 is 5.32 Å². The largest absolute Gasteiger partial charge is 0.309 e. The number of nitrogens with one attached hydrogen (secondary N) is 1. The Bertz CT molecular complexity index is 557. The second-order valence-electron chi connectivity index (χ2n) is 4.19. The average Bonchev–Trinajstić information content (AvgIpc) is 2.35. The molecule has 2 nitrogen and oxygen atoms in total. The molecule has 1 unspecified atom stereocenters. The Hall–Kier alpha value is -1.45. The molecule has 0 aliphatic heterocycles. The highest BCUT2D eigenvalue weighted by Gasteiger charge is 2.14. The molecule has 0 bridgehead atoms. The highest BCUT2D eigenvalue weighted by molar-refractivity contribution is 6.30. The first-order valence-electron chi connectivity index (χ1n) is 5.65. The van der Waals surface area contributed by atoms with Crippen LogP contribution in [-0.4, -0.2) is 12.0 Å². The zero-order chi connectivity index (χ0) is 13.1. The summed E-state index contributed by atoms with van der Waals surface area (Å²) >= 11 is 5.82. The van der Waals surface area contributed by atoms with Crippen molar-refractivity contribution in [1.29, 1.82) is 0 Å². The molecule has 0 saturated heterocycles. The molecule has 2 aromatic rings. The van der Waals surface area contributed by atoms with Gasteiger partial charge in [0.1, 0.15) is 5.82 Å². The first-order valence-corrected chi connectivity index (χ1v) is 6.03. The van der Waals surface area contributed by atoms with Gasteiger partial charge in [-0.25, -0.2) is 4.39 Å². The summed E-state index contributed by atoms with van der Waals surface area (Å²) in [5.74, 6) is -0.405. The topological polar surface area (TPSA) is 24.9 Å². The van der Waals surface area contributed by atoms with E-state index in [0.29, 0.717) is 0 Å². The van der Waals surface area contributed by atoms with E-state index in [1.807, 2.05) is 20.0 Å². The summed E-state index contributed by atoms with van der Waals surface area (Å²) in [5.41, 5.74) is 3.03. The molecule has 0 aliphatic carbocycles. The quantitative estimate of drug-likeness (QED) is 0.918. The number of hydrogen-bond acceptors (Lipinski definition) is 2. The molecular weight excluding hydrogens is 251 g/mol. The van der Waals surface area contributed by atoms with Gasteiger partial charge in [0.25, 0.3) is 0 Å². The fourth-order valence-electron chi connectivity index (χ4n) is 1.95. The van der Waals surface area contributed by atoms with Gasteiger partial charge in [0.2, 0.25) is 0 Å². The van der Waals surface area contributed by atoms with Crippen LogP contribution in [0, 0.1) is 12.7 Å². The fourth-order valence-corrected chi connectivity index (χ4v) is 2.14. The summed E-state index contributed by atoms with van der Waals surface area (Å²) in [4.78, 5) is 4.17. The van der Waals surface area contributed by atoms with Crippen molar-refractivity contribution in [3.63, 3.8) is 0 Å². The molecule has 0 amide bonds. The number of rotatable bonds is 3. The second-order valence-corrected chi connectivity index (χ2v) is 4.60. The van der Waals surface area contributed by atoms with E-state index in [4.69, 9.17) is 11.6 Å². The van der Waals surface area contributed by atoms with Crippen molar-refractivity contribution in [2.75, 3.05) is 7.05 Å². The highest BCUT2D eigenvalue weighted by atomic mass is 35.5. The van der Waals surface area contributed by atoms with Crippen LogP contribution in [0.2, 0.25) is 5.02 Å². The predicted octanol–water partition coefficient (Wildman–Crippen LogP) is 3.49. The molecule has 1 N–H and O–H groups in total. The van der Waals surface area contributed by atoms with Gasteiger partial charge < -0.3 is 5.32 Å². The molecule has 0 aliphatic rings. The molecular formula is C14H14ClFN2. The van der Waals surface area contributed by atoms with Gasteiger partial charge in [-0.3, -0.25) is 4.98 Å². The maximum Gasteiger partial charge on any atom is 0.141 e. The summed E-state index contributed by atoms with van der Waals surface area (Å²) in [6.45, 7) is 1.99. The molecule has 0 spiro atoms. The van der Waals surface area contributed by atoms with E-state index in [2.05, 4.69) is 10.3 Å². The van der Waals surface area contributed by atoms with Crippen molar-refractivity contribution in [1.82, 2.24) is 10.3 Å². The predicted molar refractivity (Wildman–Crippen MR) is 71.3 cm³/mol. The molecule has 1 atom stereocenters. The van der Waals surface area contributed by atoms with E-state index < -0.39 is 5.82 Å². The van der Waals surface area contributed by atoms with Crippen molar-refractivity contribution in [2.24, 2.45) is 0 Å². The smallest absolute Gasteiger partial charge is 0.141 e. The summed E-state index contributed by atoms with van der Waals surface area (Å²) < 4.78 is 13.2. The third-order valence-corrected chi connectivity index (χ3v) is 3.08. The lowest BCUT2D eigenvalue weighted by Gasteiger charge is -2.17. The molecule has 18 heavy (non-hydrogen) atoms. The molecule has 1 aromatic carbocycles. The van der Waals surface area contributed by atoms with Crippen LogP contribution in [-0.2, 0) is 0 Å². The van der Waals surface area contributed by atoms with Gasteiger partial charge in [0.05, 0.1) is 11.1 Å². The SMILES string of the molecule is CNC(c1cncc(C)c1)c1ccc(F)c(Cl)c1. The van der Waals surface area contributed by atoms with Crippen molar-refractivity contribution in [3.8, 4) is 0 Å². The third-order valence-electron chi connectivity index (χ3n) is 2.80. The Morgan fingerprint density at radius 2 is 2.00 bits per heavy atom. The lowest BCUT2D eigenvalue weighted by Crippen LogP contribution is -2.18. The molecule has 1 aromatic heterocycles. The zero-order valence-corrected chi connectivity index (χ0v) is 11.0. The van der Waals surface area contributed by atoms with Gasteiger partial charge in [-0.2, -0.15) is 0 Å². The standard InChI is InChI=1S/C14H14ClFN2/c1-9-5-11(8-18-7-9)14(17-2)10-3-4-13(16)12(15)6-10/h3-8,14,17H,1-2H3. The van der Waals surface area contributed by atoms with Crippen LogP contribution in [0.4, 0.5) is 4.39 Å². The van der Waals surface area contributed by atoms with E-state index in [-0.39, 0.29) is 11.1 Å². The minimum Gasteiger partial charge on any atom is -0.309 e. The molecule has 2 rings (SSSR count). The maximum atomic E-state index is 13.2. The van der Waals surface area contributed by atoms with Gasteiger partial charge in [0, 0.05) is 12.4 Å². The minimum absolute atomic E-state index is 0.0458. The van der Waals surface area contributed by atoms with Crippen molar-refractivity contribution >= 4 is 11.6 Å². The van der Waals surface area contributed by atoms with Crippen molar-refractivity contribution < 1.29 is 4.39 Å². The Kier molecular flexibility index (Phi) is 3.94. The van der Waals surface area contributed by atoms with Gasteiger partial charge >= 0.3 is 0 Å². The van der Waals surface area contributed by atoms with Crippen molar-refractivity contribution in [2.45, 2.75) is 13.0 Å². The normalized spacial score (nSPS) is 12.4. The zero-order valence-electron chi connectivity index (χ0n) is 10.2. The average molecular weight is 265 g/mol. The number of nitrogens with zero attached hydrogens (tertiary/aromatic N) is 1. The molecule has 0 saturated carbocycles. The monoisotopic (exact) mass is 264 g/mol. The molecule has 0 fully saturated rings. The van der Waals surface area contributed by atoms with E-state index in [9.17, 15) is 4.39 Å². The number of aryl methyl sites for hydroxylation is 1. The van der Waals surface area contributed by atoms with Crippen LogP contribution in [0.15, 0.2) is 36.7 Å². The first kappa shape index (κ1) is 13.0. The highest BCUT2D eigenvalue weighted by Crippen LogP contribution is 2.25. The van der Waals surface area contributed by atoms with E-state index >= 15 is 0 Å². The Morgan fingerprint density at radius 1 is 1.22 bits per heavy atom. The molecule has 4 heteroatoms. The van der Waals surface area contributed by atoms with Crippen LogP contribution in [0.5, 0.6) is 0 Å². The molecule has 94 valence electrons. The molecule has 0 radical (unpaired) electrons. The summed E-state index contributed by atoms with van der Waals surface area (Å²) in [6.07, 6.45) is 3.60. The Morgan fingerprint density at radius 3 is 2.61 bits per heavy atom. The number of halogens is 2. The van der Waals surface area contributed by atoms with Crippen LogP contribution in [0.3, 0.4) is 0 Å². The second kappa shape index (κ2) is 5.46. The van der Waals surface area contributed by atoms with Gasteiger partial charge in [-0.15, -0.1) is 0 Å². The van der Waals surface area contributed by atoms with Gasteiger partial charge in [-0.05, 0) is 42.8 Å². The lowest BCUT2D eigenvalue weighted by atomic mass is 9.99. The van der Waals surface area contributed by atoms with E-state index in [0.717, 1.165) is 16.7 Å². The van der Waals surface area contributed by atoms with Gasteiger partial charge in [0.15, 0.2) is 0 Å².